The van der Waals surface area contributed by atoms with Crippen molar-refractivity contribution in [2.24, 2.45) is 5.73 Å². The van der Waals surface area contributed by atoms with Crippen LogP contribution in [-0.4, -0.2) is 28.3 Å². The molecule has 5 heteroatoms. The largest absolute Gasteiger partial charge is 0.495 e. The van der Waals surface area contributed by atoms with Gasteiger partial charge in [-0.3, -0.25) is 4.79 Å². The number of nitrogens with zero attached hydrogens (tertiary/aromatic N) is 1. The van der Waals surface area contributed by atoms with Gasteiger partial charge in [0.05, 0.1) is 12.8 Å². The van der Waals surface area contributed by atoms with Crippen molar-refractivity contribution in [1.82, 2.24) is 4.57 Å². The number of ether oxygens (including phenoxy) is 1. The molecular weight excluding hydrogens is 256 g/mol. The van der Waals surface area contributed by atoms with E-state index in [-0.39, 0.29) is 6.42 Å². The highest BCUT2D eigenvalue weighted by Gasteiger charge is 2.28. The van der Waals surface area contributed by atoms with Crippen LogP contribution in [0.15, 0.2) is 42.7 Å². The van der Waals surface area contributed by atoms with Gasteiger partial charge in [-0.05, 0) is 36.8 Å². The second-order valence-electron chi connectivity index (χ2n) is 5.00. The summed E-state index contributed by atoms with van der Waals surface area (Å²) < 4.78 is 7.25. The predicted octanol–water partition coefficient (Wildman–Crippen LogP) is 1.83. The summed E-state index contributed by atoms with van der Waals surface area (Å²) in [7, 11) is 1.60. The number of nitrogens with two attached hydrogens (primary N) is 1. The van der Waals surface area contributed by atoms with Crippen molar-refractivity contribution in [2.75, 3.05) is 7.11 Å². The minimum absolute atomic E-state index is 0.251. The van der Waals surface area contributed by atoms with Crippen molar-refractivity contribution in [3.63, 3.8) is 0 Å². The Morgan fingerprint density at radius 2 is 2.05 bits per heavy atom. The Morgan fingerprint density at radius 3 is 2.60 bits per heavy atom. The fourth-order valence-electron chi connectivity index (χ4n) is 2.04. The first-order valence-electron chi connectivity index (χ1n) is 6.26. The second-order valence-corrected chi connectivity index (χ2v) is 5.00. The lowest BCUT2D eigenvalue weighted by molar-refractivity contribution is -0.142. The molecule has 1 aromatic carbocycles. The Bertz CT molecular complexity index is 604. The van der Waals surface area contributed by atoms with Crippen LogP contribution in [0.25, 0.3) is 5.69 Å². The first kappa shape index (κ1) is 14.1. The van der Waals surface area contributed by atoms with E-state index < -0.39 is 11.5 Å². The van der Waals surface area contributed by atoms with E-state index in [4.69, 9.17) is 15.6 Å². The Labute approximate surface area is 117 Å². The van der Waals surface area contributed by atoms with Crippen molar-refractivity contribution >= 4 is 5.97 Å². The standard InChI is InChI=1S/C15H18N2O3/c1-15(16,14(18)19)10-11-5-6-13(20-2)12(9-11)17-7-3-4-8-17/h3-9H,10,16H2,1-2H3,(H,18,19). The van der Waals surface area contributed by atoms with Crippen LogP contribution >= 0.6 is 0 Å². The molecule has 1 aromatic heterocycles. The van der Waals surface area contributed by atoms with Crippen molar-refractivity contribution in [2.45, 2.75) is 18.9 Å². The normalized spacial score (nSPS) is 13.8. The molecule has 0 aliphatic carbocycles. The number of methoxy groups -OCH3 is 1. The van der Waals surface area contributed by atoms with Crippen LogP contribution in [0, 0.1) is 0 Å². The summed E-state index contributed by atoms with van der Waals surface area (Å²) in [6.07, 6.45) is 4.06. The average Bonchev–Trinajstić information content (AvgIpc) is 2.91. The zero-order chi connectivity index (χ0) is 14.8. The Morgan fingerprint density at radius 1 is 1.40 bits per heavy atom. The van der Waals surface area contributed by atoms with Crippen LogP contribution in [-0.2, 0) is 11.2 Å². The van der Waals surface area contributed by atoms with Gasteiger partial charge in [-0.2, -0.15) is 0 Å². The van der Waals surface area contributed by atoms with Crippen LogP contribution in [0.5, 0.6) is 5.75 Å². The number of aliphatic carboxylic acids is 1. The van der Waals surface area contributed by atoms with Gasteiger partial charge in [0, 0.05) is 18.8 Å². The fraction of sp³-hybridized carbons (Fsp3) is 0.267. The molecule has 20 heavy (non-hydrogen) atoms. The first-order valence-corrected chi connectivity index (χ1v) is 6.26. The Balaban J connectivity index is 2.38. The SMILES string of the molecule is COc1ccc(CC(C)(N)C(=O)O)cc1-n1cccc1. The summed E-state index contributed by atoms with van der Waals surface area (Å²) in [6.45, 7) is 1.51. The van der Waals surface area contributed by atoms with E-state index in [1.165, 1.54) is 6.92 Å². The molecule has 5 nitrogen and oxygen atoms in total. The highest BCUT2D eigenvalue weighted by Crippen LogP contribution is 2.25. The molecule has 0 bridgehead atoms. The van der Waals surface area contributed by atoms with Gasteiger partial charge in [0.25, 0.3) is 0 Å². The number of carboxylic acids is 1. The van der Waals surface area contributed by atoms with Crippen molar-refractivity contribution in [3.8, 4) is 11.4 Å². The van der Waals surface area contributed by atoms with Crippen LogP contribution < -0.4 is 10.5 Å². The number of aromatic nitrogens is 1. The number of hydrogen-bond donors (Lipinski definition) is 2. The van der Waals surface area contributed by atoms with E-state index in [0.29, 0.717) is 0 Å². The van der Waals surface area contributed by atoms with Gasteiger partial charge in [0.2, 0.25) is 0 Å². The van der Waals surface area contributed by atoms with Gasteiger partial charge in [0.15, 0.2) is 0 Å². The molecule has 0 spiro atoms. The maximum Gasteiger partial charge on any atom is 0.323 e. The zero-order valence-corrected chi connectivity index (χ0v) is 11.5. The number of carbonyl (C=O) groups is 1. The van der Waals surface area contributed by atoms with Gasteiger partial charge < -0.3 is 20.1 Å². The minimum atomic E-state index is -1.29. The smallest absolute Gasteiger partial charge is 0.323 e. The summed E-state index contributed by atoms with van der Waals surface area (Å²) in [5, 5.41) is 9.10. The number of rotatable bonds is 5. The third-order valence-electron chi connectivity index (χ3n) is 3.19. The van der Waals surface area contributed by atoms with Gasteiger partial charge in [-0.1, -0.05) is 6.07 Å². The lowest BCUT2D eigenvalue weighted by atomic mass is 9.94. The topological polar surface area (TPSA) is 77.5 Å². The molecule has 0 fully saturated rings. The van der Waals surface area contributed by atoms with Crippen LogP contribution in [0.3, 0.4) is 0 Å². The maximum atomic E-state index is 11.1. The third kappa shape index (κ3) is 2.83. The number of benzene rings is 1. The average molecular weight is 274 g/mol. The molecule has 106 valence electrons. The molecule has 1 atom stereocenters. The first-order chi connectivity index (χ1) is 9.44. The van der Waals surface area contributed by atoms with Crippen LogP contribution in [0.2, 0.25) is 0 Å². The van der Waals surface area contributed by atoms with E-state index in [9.17, 15) is 4.79 Å². The van der Waals surface area contributed by atoms with E-state index in [1.54, 1.807) is 7.11 Å². The van der Waals surface area contributed by atoms with Gasteiger partial charge in [-0.15, -0.1) is 0 Å². The van der Waals surface area contributed by atoms with E-state index in [1.807, 2.05) is 47.3 Å². The Kier molecular flexibility index (Phi) is 3.81. The number of carboxylic acid groups (broad SMARTS) is 1. The van der Waals surface area contributed by atoms with E-state index >= 15 is 0 Å². The summed E-state index contributed by atoms with van der Waals surface area (Å²) in [4.78, 5) is 11.1. The molecule has 0 saturated carbocycles. The molecule has 1 heterocycles. The molecule has 0 aliphatic rings. The summed E-state index contributed by atoms with van der Waals surface area (Å²) >= 11 is 0. The molecule has 0 saturated heterocycles. The molecular formula is C15H18N2O3. The maximum absolute atomic E-state index is 11.1. The van der Waals surface area contributed by atoms with Gasteiger partial charge in [0.1, 0.15) is 11.3 Å². The van der Waals surface area contributed by atoms with Gasteiger partial charge >= 0.3 is 5.97 Å². The van der Waals surface area contributed by atoms with E-state index in [0.717, 1.165) is 17.0 Å². The van der Waals surface area contributed by atoms with Crippen LogP contribution in [0.4, 0.5) is 0 Å². The third-order valence-corrected chi connectivity index (χ3v) is 3.19. The molecule has 1 unspecified atom stereocenters. The predicted molar refractivity (Wildman–Crippen MR) is 76.3 cm³/mol. The summed E-state index contributed by atoms with van der Waals surface area (Å²) in [5.74, 6) is -0.296. The van der Waals surface area contributed by atoms with Crippen molar-refractivity contribution in [1.29, 1.82) is 0 Å². The highest BCUT2D eigenvalue weighted by atomic mass is 16.5. The molecule has 0 amide bonds. The second kappa shape index (κ2) is 5.38. The monoisotopic (exact) mass is 274 g/mol. The molecule has 2 rings (SSSR count). The Hall–Kier alpha value is -2.27. The van der Waals surface area contributed by atoms with Crippen LogP contribution in [0.1, 0.15) is 12.5 Å². The lowest BCUT2D eigenvalue weighted by Gasteiger charge is -2.20. The molecule has 2 aromatic rings. The molecule has 0 aliphatic heterocycles. The minimum Gasteiger partial charge on any atom is -0.495 e. The number of hydrogen-bond acceptors (Lipinski definition) is 3. The molecule has 3 N–H and O–H groups in total. The van der Waals surface area contributed by atoms with Crippen molar-refractivity contribution in [3.05, 3.63) is 48.3 Å². The lowest BCUT2D eigenvalue weighted by Crippen LogP contribution is -2.46. The highest BCUT2D eigenvalue weighted by molar-refractivity contribution is 5.78. The molecule has 0 radical (unpaired) electrons. The van der Waals surface area contributed by atoms with Crippen molar-refractivity contribution < 1.29 is 14.6 Å². The quantitative estimate of drug-likeness (QED) is 0.872. The fourth-order valence-corrected chi connectivity index (χ4v) is 2.04. The van der Waals surface area contributed by atoms with Gasteiger partial charge in [-0.25, -0.2) is 0 Å². The summed E-state index contributed by atoms with van der Waals surface area (Å²) in [5.41, 5.74) is 6.21. The summed E-state index contributed by atoms with van der Waals surface area (Å²) in [6, 6.07) is 9.38. The van der Waals surface area contributed by atoms with E-state index in [2.05, 4.69) is 0 Å². The zero-order valence-electron chi connectivity index (χ0n) is 11.5.